The number of thiocarbonyl (C=S) groups is 1. The van der Waals surface area contributed by atoms with E-state index in [1.54, 1.807) is 32.4 Å². The van der Waals surface area contributed by atoms with Crippen molar-refractivity contribution < 1.29 is 18.7 Å². The zero-order chi connectivity index (χ0) is 22.8. The Bertz CT molecular complexity index is 1330. The summed E-state index contributed by atoms with van der Waals surface area (Å²) in [6.45, 7) is 4.08. The third-order valence-electron chi connectivity index (χ3n) is 4.96. The van der Waals surface area contributed by atoms with Crippen LogP contribution in [0, 0.1) is 13.8 Å². The van der Waals surface area contributed by atoms with Gasteiger partial charge in [0, 0.05) is 11.6 Å². The first-order valence-corrected chi connectivity index (χ1v) is 10.9. The van der Waals surface area contributed by atoms with Gasteiger partial charge in [-0.3, -0.25) is 10.1 Å². The number of anilines is 1. The molecule has 2 aromatic heterocycles. The molecule has 164 valence electrons. The molecule has 0 aliphatic heterocycles. The third-order valence-corrected chi connectivity index (χ3v) is 6.08. The van der Waals surface area contributed by atoms with Gasteiger partial charge in [0.25, 0.3) is 5.91 Å². The average molecular weight is 468 g/mol. The van der Waals surface area contributed by atoms with E-state index in [0.717, 1.165) is 15.8 Å². The molecule has 0 atom stereocenters. The van der Waals surface area contributed by atoms with Crippen LogP contribution in [0.1, 0.15) is 21.7 Å². The molecule has 0 radical (unpaired) electrons. The number of ether oxygens (including phenoxy) is 2. The average Bonchev–Trinajstić information content (AvgIpc) is 3.41. The van der Waals surface area contributed by atoms with E-state index in [0.29, 0.717) is 27.9 Å². The molecule has 4 rings (SSSR count). The number of hydrogen-bond acceptors (Lipinski definition) is 7. The molecule has 1 amide bonds. The fraction of sp³-hybridized carbons (Fsp3) is 0.174. The van der Waals surface area contributed by atoms with E-state index < -0.39 is 5.91 Å². The van der Waals surface area contributed by atoms with Gasteiger partial charge >= 0.3 is 0 Å². The van der Waals surface area contributed by atoms with Crippen LogP contribution in [0.25, 0.3) is 21.5 Å². The highest BCUT2D eigenvalue weighted by Gasteiger charge is 2.16. The van der Waals surface area contributed by atoms with Gasteiger partial charge < -0.3 is 19.2 Å². The molecule has 2 heterocycles. The minimum atomic E-state index is -0.446. The predicted octanol–water partition coefficient (Wildman–Crippen LogP) is 5.32. The standard InChI is InChI=1S/C23H21N3O4S2/c1-12-5-6-14(9-13(12)2)16-7-8-17(30-16)21(27)25-22(31)26-23-24-20-18(29-4)10-15(28-3)11-19(20)32-23/h5-11H,1-4H3,(H2,24,25,26,27,31). The maximum absolute atomic E-state index is 12.6. The van der Waals surface area contributed by atoms with Gasteiger partial charge in [0.2, 0.25) is 0 Å². The maximum atomic E-state index is 12.6. The highest BCUT2D eigenvalue weighted by molar-refractivity contribution is 7.80. The molecular formula is C23H21N3O4S2. The maximum Gasteiger partial charge on any atom is 0.293 e. The predicted molar refractivity (Wildman–Crippen MR) is 130 cm³/mol. The molecular weight excluding hydrogens is 446 g/mol. The second-order valence-corrected chi connectivity index (χ2v) is 8.51. The molecule has 2 aromatic carbocycles. The Hall–Kier alpha value is -3.43. The Morgan fingerprint density at radius 3 is 2.59 bits per heavy atom. The van der Waals surface area contributed by atoms with Crippen LogP contribution in [0.4, 0.5) is 5.13 Å². The molecule has 0 aliphatic rings. The Kier molecular flexibility index (Phi) is 6.11. The summed E-state index contributed by atoms with van der Waals surface area (Å²) in [4.78, 5) is 17.1. The van der Waals surface area contributed by atoms with Crippen molar-refractivity contribution in [3.63, 3.8) is 0 Å². The molecule has 2 N–H and O–H groups in total. The molecule has 0 aliphatic carbocycles. The summed E-state index contributed by atoms with van der Waals surface area (Å²) >= 11 is 6.65. The molecule has 0 fully saturated rings. The van der Waals surface area contributed by atoms with Crippen molar-refractivity contribution in [2.24, 2.45) is 0 Å². The number of methoxy groups -OCH3 is 2. The van der Waals surface area contributed by atoms with Crippen LogP contribution in [-0.2, 0) is 0 Å². The second-order valence-electron chi connectivity index (χ2n) is 7.07. The fourth-order valence-corrected chi connectivity index (χ4v) is 4.27. The number of amides is 1. The van der Waals surface area contributed by atoms with E-state index in [2.05, 4.69) is 15.6 Å². The number of aromatic nitrogens is 1. The van der Waals surface area contributed by atoms with Crippen molar-refractivity contribution in [2.45, 2.75) is 13.8 Å². The number of aryl methyl sites for hydroxylation is 2. The van der Waals surface area contributed by atoms with E-state index in [9.17, 15) is 4.79 Å². The molecule has 32 heavy (non-hydrogen) atoms. The number of furan rings is 1. The van der Waals surface area contributed by atoms with Crippen molar-refractivity contribution in [3.05, 3.63) is 59.4 Å². The van der Waals surface area contributed by atoms with Crippen molar-refractivity contribution >= 4 is 49.9 Å². The highest BCUT2D eigenvalue weighted by Crippen LogP contribution is 2.36. The Labute approximate surface area is 194 Å². The zero-order valence-electron chi connectivity index (χ0n) is 17.9. The van der Waals surface area contributed by atoms with Crippen LogP contribution in [-0.4, -0.2) is 30.2 Å². The SMILES string of the molecule is COc1cc(OC)c2nc(NC(=S)NC(=O)c3ccc(-c4ccc(C)c(C)c4)o3)sc2c1. The van der Waals surface area contributed by atoms with Crippen molar-refractivity contribution in [2.75, 3.05) is 19.5 Å². The molecule has 0 unspecified atom stereocenters. The minimum absolute atomic E-state index is 0.115. The molecule has 0 spiro atoms. The summed E-state index contributed by atoms with van der Waals surface area (Å²) in [6.07, 6.45) is 0. The van der Waals surface area contributed by atoms with Crippen molar-refractivity contribution in [3.8, 4) is 22.8 Å². The van der Waals surface area contributed by atoms with Gasteiger partial charge in [0.1, 0.15) is 22.8 Å². The topological polar surface area (TPSA) is 85.6 Å². The smallest absolute Gasteiger partial charge is 0.293 e. The lowest BCUT2D eigenvalue weighted by atomic mass is 10.1. The van der Waals surface area contributed by atoms with Crippen LogP contribution in [0.2, 0.25) is 0 Å². The first kappa shape index (κ1) is 21.8. The van der Waals surface area contributed by atoms with E-state index in [1.165, 1.54) is 16.9 Å². The number of nitrogens with zero attached hydrogens (tertiary/aromatic N) is 1. The Morgan fingerprint density at radius 2 is 1.88 bits per heavy atom. The number of fused-ring (bicyclic) bond motifs is 1. The lowest BCUT2D eigenvalue weighted by Gasteiger charge is -2.06. The van der Waals surface area contributed by atoms with Crippen molar-refractivity contribution in [1.82, 2.24) is 10.3 Å². The summed E-state index contributed by atoms with van der Waals surface area (Å²) in [7, 11) is 3.16. The van der Waals surface area contributed by atoms with Crippen LogP contribution in [0.5, 0.6) is 11.5 Å². The van der Waals surface area contributed by atoms with Gasteiger partial charge in [-0.15, -0.1) is 0 Å². The molecule has 9 heteroatoms. The summed E-state index contributed by atoms with van der Waals surface area (Å²) < 4.78 is 17.3. The lowest BCUT2D eigenvalue weighted by Crippen LogP contribution is -2.33. The first-order chi connectivity index (χ1) is 15.4. The summed E-state index contributed by atoms with van der Waals surface area (Å²) in [5.74, 6) is 1.59. The monoisotopic (exact) mass is 467 g/mol. The first-order valence-electron chi connectivity index (χ1n) is 9.70. The van der Waals surface area contributed by atoms with E-state index in [4.69, 9.17) is 26.1 Å². The number of carbonyl (C=O) groups is 1. The lowest BCUT2D eigenvalue weighted by molar-refractivity contribution is 0.0951. The van der Waals surface area contributed by atoms with Crippen LogP contribution in [0.3, 0.4) is 0 Å². The normalized spacial score (nSPS) is 10.8. The summed E-state index contributed by atoms with van der Waals surface area (Å²) in [5, 5.41) is 6.20. The minimum Gasteiger partial charge on any atom is -0.497 e. The van der Waals surface area contributed by atoms with E-state index >= 15 is 0 Å². The molecule has 4 aromatic rings. The van der Waals surface area contributed by atoms with E-state index in [1.807, 2.05) is 38.1 Å². The molecule has 0 saturated carbocycles. The van der Waals surface area contributed by atoms with Gasteiger partial charge in [-0.25, -0.2) is 4.98 Å². The summed E-state index contributed by atoms with van der Waals surface area (Å²) in [6, 6.07) is 13.0. The number of nitrogens with one attached hydrogen (secondary N) is 2. The fourth-order valence-electron chi connectivity index (χ4n) is 3.10. The zero-order valence-corrected chi connectivity index (χ0v) is 19.6. The van der Waals surface area contributed by atoms with Crippen molar-refractivity contribution in [1.29, 1.82) is 0 Å². The highest BCUT2D eigenvalue weighted by atomic mass is 32.1. The van der Waals surface area contributed by atoms with Crippen LogP contribution in [0.15, 0.2) is 46.9 Å². The second kappa shape index (κ2) is 8.97. The van der Waals surface area contributed by atoms with Crippen LogP contribution >= 0.6 is 23.6 Å². The van der Waals surface area contributed by atoms with Crippen LogP contribution < -0.4 is 20.1 Å². The van der Waals surface area contributed by atoms with Gasteiger partial charge in [-0.2, -0.15) is 0 Å². The van der Waals surface area contributed by atoms with Gasteiger partial charge in [-0.1, -0.05) is 23.5 Å². The Morgan fingerprint density at radius 1 is 1.06 bits per heavy atom. The number of rotatable bonds is 5. The van der Waals surface area contributed by atoms with Gasteiger partial charge in [0.15, 0.2) is 16.0 Å². The van der Waals surface area contributed by atoms with Gasteiger partial charge in [-0.05, 0) is 61.5 Å². The molecule has 7 nitrogen and oxygen atoms in total. The number of hydrogen-bond donors (Lipinski definition) is 2. The Balaban J connectivity index is 1.46. The van der Waals surface area contributed by atoms with Gasteiger partial charge in [0.05, 0.1) is 18.9 Å². The number of benzene rings is 2. The quantitative estimate of drug-likeness (QED) is 0.384. The molecule has 0 bridgehead atoms. The largest absolute Gasteiger partial charge is 0.497 e. The van der Waals surface area contributed by atoms with E-state index in [-0.39, 0.29) is 10.9 Å². The molecule has 0 saturated heterocycles. The number of thiazole rings is 1. The third kappa shape index (κ3) is 4.44. The summed E-state index contributed by atoms with van der Waals surface area (Å²) in [5.41, 5.74) is 3.94. The number of carbonyl (C=O) groups excluding carboxylic acids is 1.